The fraction of sp³-hybridized carbons (Fsp3) is 0.417. The molecule has 2 rings (SSSR count). The molecule has 0 radical (unpaired) electrons. The smallest absolute Gasteiger partial charge is 0.224 e. The molecule has 2 N–H and O–H groups in total. The minimum absolute atomic E-state index is 0.155. The van der Waals surface area contributed by atoms with Crippen LogP contribution in [0.15, 0.2) is 10.7 Å². The number of nitrogens with one attached hydrogen (secondary N) is 2. The molecule has 0 bridgehead atoms. The first kappa shape index (κ1) is 14.2. The average molecular weight is 342 g/mol. The first-order valence-corrected chi connectivity index (χ1v) is 7.53. The second-order valence-electron chi connectivity index (χ2n) is 4.19. The Kier molecular flexibility index (Phi) is 4.36. The number of anilines is 2. The Morgan fingerprint density at radius 2 is 2.05 bits per heavy atom. The lowest BCUT2D eigenvalue weighted by atomic mass is 10.2. The summed E-state index contributed by atoms with van der Waals surface area (Å²) in [5.74, 6) is 1.37. The molecular weight excluding hydrogens is 326 g/mol. The monoisotopic (exact) mass is 341 g/mol. The van der Waals surface area contributed by atoms with Crippen LogP contribution < -0.4 is 10.6 Å². The van der Waals surface area contributed by atoms with Gasteiger partial charge in [-0.25, -0.2) is 9.97 Å². The number of aryl methyl sites for hydroxylation is 2. The highest BCUT2D eigenvalue weighted by molar-refractivity contribution is 9.10. The number of hydrogen-bond acceptors (Lipinski definition) is 6. The number of nitrogens with zero attached hydrogens (tertiary/aromatic N) is 3. The summed E-state index contributed by atoms with van der Waals surface area (Å²) >= 11 is 5.17. The first-order valence-electron chi connectivity index (χ1n) is 5.92. The highest BCUT2D eigenvalue weighted by Gasteiger charge is 2.15. The Balaban J connectivity index is 2.23. The molecule has 2 aromatic rings. The number of thiazole rings is 1. The van der Waals surface area contributed by atoms with Gasteiger partial charge >= 0.3 is 0 Å². The van der Waals surface area contributed by atoms with Crippen molar-refractivity contribution in [2.24, 2.45) is 0 Å². The lowest BCUT2D eigenvalue weighted by Crippen LogP contribution is -2.09. The van der Waals surface area contributed by atoms with E-state index in [0.717, 1.165) is 21.0 Å². The van der Waals surface area contributed by atoms with Crippen molar-refractivity contribution in [3.05, 3.63) is 26.2 Å². The second-order valence-corrected chi connectivity index (χ2v) is 6.28. The molecule has 0 aliphatic heterocycles. The standard InChI is InChI=1S/C12H16BrN5S/c1-6-10(19-8(3)16-6)7(2)17-11-9(13)5-15-12(14-4)18-11/h5,7H,1-4H3,(H2,14,15,17,18). The van der Waals surface area contributed by atoms with E-state index in [1.54, 1.807) is 24.6 Å². The molecule has 0 aliphatic carbocycles. The summed E-state index contributed by atoms with van der Waals surface area (Å²) < 4.78 is 0.845. The molecule has 5 nitrogen and oxygen atoms in total. The maximum absolute atomic E-state index is 4.45. The topological polar surface area (TPSA) is 62.7 Å². The molecule has 0 saturated heterocycles. The van der Waals surface area contributed by atoms with Crippen LogP contribution >= 0.6 is 27.3 Å². The zero-order valence-electron chi connectivity index (χ0n) is 11.3. The molecule has 2 aromatic heterocycles. The summed E-state index contributed by atoms with van der Waals surface area (Å²) in [5.41, 5.74) is 1.07. The Morgan fingerprint density at radius 1 is 1.32 bits per heavy atom. The molecule has 102 valence electrons. The molecule has 0 spiro atoms. The maximum Gasteiger partial charge on any atom is 0.224 e. The maximum atomic E-state index is 4.45. The van der Waals surface area contributed by atoms with E-state index in [1.165, 1.54) is 4.88 Å². The molecule has 0 saturated carbocycles. The van der Waals surface area contributed by atoms with Crippen LogP contribution in [-0.4, -0.2) is 22.0 Å². The van der Waals surface area contributed by atoms with E-state index in [0.29, 0.717) is 5.95 Å². The van der Waals surface area contributed by atoms with E-state index in [9.17, 15) is 0 Å². The zero-order chi connectivity index (χ0) is 14.0. The molecule has 7 heteroatoms. The van der Waals surface area contributed by atoms with Gasteiger partial charge in [-0.2, -0.15) is 4.98 Å². The van der Waals surface area contributed by atoms with Crippen molar-refractivity contribution in [3.63, 3.8) is 0 Å². The van der Waals surface area contributed by atoms with Crippen LogP contribution in [0.2, 0.25) is 0 Å². The Labute approximate surface area is 125 Å². The van der Waals surface area contributed by atoms with E-state index in [-0.39, 0.29) is 6.04 Å². The van der Waals surface area contributed by atoms with E-state index in [4.69, 9.17) is 0 Å². The van der Waals surface area contributed by atoms with Gasteiger partial charge in [-0.1, -0.05) is 0 Å². The molecule has 1 unspecified atom stereocenters. The van der Waals surface area contributed by atoms with Crippen molar-refractivity contribution in [1.29, 1.82) is 0 Å². The van der Waals surface area contributed by atoms with Crippen molar-refractivity contribution in [1.82, 2.24) is 15.0 Å². The Morgan fingerprint density at radius 3 is 2.63 bits per heavy atom. The summed E-state index contributed by atoms with van der Waals surface area (Å²) in [6, 6.07) is 0.155. The quantitative estimate of drug-likeness (QED) is 0.890. The van der Waals surface area contributed by atoms with Gasteiger partial charge in [0, 0.05) is 18.1 Å². The predicted octanol–water partition coefficient (Wildman–Crippen LogP) is 3.53. The van der Waals surface area contributed by atoms with Crippen LogP contribution in [-0.2, 0) is 0 Å². The van der Waals surface area contributed by atoms with Gasteiger partial charge in [-0.05, 0) is 36.7 Å². The lowest BCUT2D eigenvalue weighted by molar-refractivity contribution is 0.875. The summed E-state index contributed by atoms with van der Waals surface area (Å²) in [7, 11) is 1.80. The molecule has 1 atom stereocenters. The normalized spacial score (nSPS) is 12.3. The van der Waals surface area contributed by atoms with Crippen LogP contribution in [0.3, 0.4) is 0 Å². The summed E-state index contributed by atoms with van der Waals surface area (Å²) in [4.78, 5) is 14.2. The molecule has 0 amide bonds. The number of aromatic nitrogens is 3. The average Bonchev–Trinajstić information content (AvgIpc) is 2.71. The van der Waals surface area contributed by atoms with Crippen LogP contribution in [0.4, 0.5) is 11.8 Å². The second kappa shape index (κ2) is 5.83. The van der Waals surface area contributed by atoms with E-state index in [1.807, 2.05) is 13.8 Å². The predicted molar refractivity (Wildman–Crippen MR) is 82.9 cm³/mol. The van der Waals surface area contributed by atoms with Gasteiger partial charge in [0.25, 0.3) is 0 Å². The zero-order valence-corrected chi connectivity index (χ0v) is 13.7. The third kappa shape index (κ3) is 3.22. The van der Waals surface area contributed by atoms with Crippen molar-refractivity contribution < 1.29 is 0 Å². The van der Waals surface area contributed by atoms with E-state index in [2.05, 4.69) is 48.4 Å². The van der Waals surface area contributed by atoms with Crippen molar-refractivity contribution in [2.75, 3.05) is 17.7 Å². The number of hydrogen-bond donors (Lipinski definition) is 2. The van der Waals surface area contributed by atoms with Gasteiger partial charge in [-0.15, -0.1) is 11.3 Å². The van der Waals surface area contributed by atoms with Gasteiger partial charge in [0.05, 0.1) is 21.2 Å². The third-order valence-electron chi connectivity index (χ3n) is 2.65. The molecular formula is C12H16BrN5S. The highest BCUT2D eigenvalue weighted by atomic mass is 79.9. The lowest BCUT2D eigenvalue weighted by Gasteiger charge is -2.15. The highest BCUT2D eigenvalue weighted by Crippen LogP contribution is 2.29. The van der Waals surface area contributed by atoms with Crippen LogP contribution in [0.1, 0.15) is 28.5 Å². The molecule has 19 heavy (non-hydrogen) atoms. The summed E-state index contributed by atoms with van der Waals surface area (Å²) in [6.07, 6.45) is 1.73. The molecule has 2 heterocycles. The van der Waals surface area contributed by atoms with Crippen molar-refractivity contribution in [3.8, 4) is 0 Å². The first-order chi connectivity index (χ1) is 9.01. The van der Waals surface area contributed by atoms with Crippen LogP contribution in [0.25, 0.3) is 0 Å². The molecule has 0 fully saturated rings. The fourth-order valence-electron chi connectivity index (χ4n) is 1.81. The Bertz CT molecular complexity index is 583. The number of halogens is 1. The van der Waals surface area contributed by atoms with E-state index >= 15 is 0 Å². The van der Waals surface area contributed by atoms with Crippen LogP contribution in [0, 0.1) is 13.8 Å². The Hall–Kier alpha value is -1.21. The SMILES string of the molecule is CNc1ncc(Br)c(NC(C)c2sc(C)nc2C)n1. The van der Waals surface area contributed by atoms with Gasteiger partial charge in [-0.3, -0.25) is 0 Å². The van der Waals surface area contributed by atoms with Gasteiger partial charge in [0.1, 0.15) is 5.82 Å². The summed E-state index contributed by atoms with van der Waals surface area (Å²) in [5, 5.41) is 7.40. The van der Waals surface area contributed by atoms with Gasteiger partial charge in [0.2, 0.25) is 5.95 Å². The van der Waals surface area contributed by atoms with Gasteiger partial charge in [0.15, 0.2) is 0 Å². The fourth-order valence-corrected chi connectivity index (χ4v) is 3.04. The largest absolute Gasteiger partial charge is 0.362 e. The molecule has 0 aromatic carbocycles. The minimum atomic E-state index is 0.155. The summed E-state index contributed by atoms with van der Waals surface area (Å²) in [6.45, 7) is 6.16. The third-order valence-corrected chi connectivity index (χ3v) is 4.49. The van der Waals surface area contributed by atoms with Crippen molar-refractivity contribution in [2.45, 2.75) is 26.8 Å². The van der Waals surface area contributed by atoms with Gasteiger partial charge < -0.3 is 10.6 Å². The molecule has 0 aliphatic rings. The number of rotatable bonds is 4. The van der Waals surface area contributed by atoms with Crippen molar-refractivity contribution >= 4 is 39.0 Å². The minimum Gasteiger partial charge on any atom is -0.362 e. The van der Waals surface area contributed by atoms with E-state index < -0.39 is 0 Å². The van der Waals surface area contributed by atoms with Crippen LogP contribution in [0.5, 0.6) is 0 Å².